The minimum Gasteiger partial charge on any atom is -0.398 e. The Kier molecular flexibility index (Phi) is 6.18. The number of nitrogens with one attached hydrogen (secondary N) is 1. The molecule has 3 N–H and O–H groups in total. The molecule has 0 aliphatic carbocycles. The largest absolute Gasteiger partial charge is 0.398 e. The van der Waals surface area contributed by atoms with Crippen LogP contribution in [0.2, 0.25) is 6.32 Å². The van der Waals surface area contributed by atoms with E-state index in [1.165, 1.54) is 12.3 Å². The Morgan fingerprint density at radius 1 is 1.25 bits per heavy atom. The fourth-order valence-electron chi connectivity index (χ4n) is 5.94. The standard InChI is InChI=1S/C23H24BFN5.C2H6/c1-23(15-4-5-18(25)14(10-15)11-26)17-8-9-24(13-28)22(17)21-16(12-27)19(29)6-7-20(21)30(23,2)3;1-2/h4-7,10,12,17,22,27H,8-9,29H2,1-3H3;1-2H3/q+1;. The SMILES string of the molecule is CC.CC1(c2ccc(F)c(C#N)c2)C2CCB(C#N)C2c2c(ccc(N)c2C=N)[N+]1(C)C. The fourth-order valence-corrected chi connectivity index (χ4v) is 5.94. The van der Waals surface area contributed by atoms with E-state index in [-0.39, 0.29) is 24.0 Å². The lowest BCUT2D eigenvalue weighted by Crippen LogP contribution is -2.64. The fraction of sp³-hybridized carbons (Fsp3) is 0.400. The van der Waals surface area contributed by atoms with E-state index in [1.54, 1.807) is 12.1 Å². The monoisotopic (exact) mass is 430 g/mol. The van der Waals surface area contributed by atoms with Gasteiger partial charge in [0.05, 0.1) is 19.7 Å². The summed E-state index contributed by atoms with van der Waals surface area (Å²) in [5, 5.41) is 27.3. The average molecular weight is 430 g/mol. The molecule has 0 spiro atoms. The summed E-state index contributed by atoms with van der Waals surface area (Å²) in [6.45, 7) is 5.98. The van der Waals surface area contributed by atoms with Gasteiger partial charge in [-0.2, -0.15) is 5.26 Å². The molecule has 164 valence electrons. The number of nitrogens with two attached hydrogens (primary N) is 1. The summed E-state index contributed by atoms with van der Waals surface area (Å²) in [4.78, 5) is 0. The minimum atomic E-state index is -0.525. The molecule has 0 saturated carbocycles. The number of nitrogen functional groups attached to an aromatic ring is 1. The van der Waals surface area contributed by atoms with Crippen molar-refractivity contribution >= 4 is 24.3 Å². The molecule has 3 atom stereocenters. The zero-order valence-corrected chi connectivity index (χ0v) is 19.4. The lowest BCUT2D eigenvalue weighted by atomic mass is 9.39. The third-order valence-electron chi connectivity index (χ3n) is 7.75. The quantitative estimate of drug-likeness (QED) is 0.304. The molecule has 4 rings (SSSR count). The van der Waals surface area contributed by atoms with Crippen LogP contribution < -0.4 is 10.2 Å². The van der Waals surface area contributed by atoms with E-state index >= 15 is 0 Å². The molecular formula is C25H30BFN5+. The summed E-state index contributed by atoms with van der Waals surface area (Å²) in [5.74, 6) is 1.98. The predicted molar refractivity (Wildman–Crippen MR) is 129 cm³/mol. The van der Waals surface area contributed by atoms with Crippen molar-refractivity contribution in [2.75, 3.05) is 19.8 Å². The Morgan fingerprint density at radius 3 is 2.53 bits per heavy atom. The highest BCUT2D eigenvalue weighted by molar-refractivity contribution is 6.69. The van der Waals surface area contributed by atoms with Crippen LogP contribution >= 0.6 is 0 Å². The number of quaternary nitrogens is 1. The Morgan fingerprint density at radius 2 is 1.94 bits per heavy atom. The molecule has 0 bridgehead atoms. The molecule has 2 aliphatic rings. The number of nitrogens with zero attached hydrogens (tertiary/aromatic N) is 3. The van der Waals surface area contributed by atoms with Crippen molar-refractivity contribution in [3.05, 3.63) is 58.4 Å². The maximum absolute atomic E-state index is 14.1. The molecule has 0 aromatic heterocycles. The van der Waals surface area contributed by atoms with Crippen molar-refractivity contribution in [2.45, 2.75) is 44.9 Å². The maximum Gasteiger partial charge on any atom is 0.276 e. The average Bonchev–Trinajstić information content (AvgIpc) is 3.23. The van der Waals surface area contributed by atoms with Gasteiger partial charge in [0.2, 0.25) is 0 Å². The first-order valence-corrected chi connectivity index (χ1v) is 11.1. The first kappa shape index (κ1) is 23.5. The number of halogens is 1. The van der Waals surface area contributed by atoms with Crippen LogP contribution in [0.15, 0.2) is 30.3 Å². The van der Waals surface area contributed by atoms with Crippen molar-refractivity contribution in [3.63, 3.8) is 0 Å². The Labute approximate surface area is 190 Å². The van der Waals surface area contributed by atoms with Crippen molar-refractivity contribution in [1.29, 1.82) is 15.9 Å². The van der Waals surface area contributed by atoms with Crippen molar-refractivity contribution in [2.24, 2.45) is 5.92 Å². The molecule has 2 aliphatic heterocycles. The number of benzene rings is 2. The molecular weight excluding hydrogens is 400 g/mol. The molecule has 0 radical (unpaired) electrons. The number of fused-ring (bicyclic) bond motifs is 3. The Hall–Kier alpha value is -3.16. The van der Waals surface area contributed by atoms with E-state index in [2.05, 4.69) is 27.0 Å². The van der Waals surface area contributed by atoms with Gasteiger partial charge in [0.1, 0.15) is 23.1 Å². The van der Waals surface area contributed by atoms with Gasteiger partial charge in [0.15, 0.2) is 0 Å². The van der Waals surface area contributed by atoms with Crippen LogP contribution in [0.4, 0.5) is 15.8 Å². The van der Waals surface area contributed by atoms with E-state index in [9.17, 15) is 14.9 Å². The Bertz CT molecular complexity index is 1150. The molecule has 5 nitrogen and oxygen atoms in total. The third kappa shape index (κ3) is 3.04. The first-order chi connectivity index (χ1) is 15.2. The second-order valence-electron chi connectivity index (χ2n) is 9.00. The van der Waals surface area contributed by atoms with Crippen LogP contribution in [-0.2, 0) is 5.54 Å². The van der Waals surface area contributed by atoms with Crippen LogP contribution in [0.1, 0.15) is 55.3 Å². The van der Waals surface area contributed by atoms with Gasteiger partial charge in [-0.1, -0.05) is 20.2 Å². The second kappa shape index (κ2) is 8.41. The smallest absolute Gasteiger partial charge is 0.276 e. The molecule has 2 heterocycles. The summed E-state index contributed by atoms with van der Waals surface area (Å²) in [5.41, 5.74) is 9.89. The number of nitriles is 2. The number of hydrogen-bond acceptors (Lipinski definition) is 4. The second-order valence-corrected chi connectivity index (χ2v) is 9.00. The molecule has 2 aromatic carbocycles. The van der Waals surface area contributed by atoms with Crippen molar-refractivity contribution in [1.82, 2.24) is 4.48 Å². The van der Waals surface area contributed by atoms with Gasteiger partial charge in [-0.05, 0) is 43.4 Å². The van der Waals surface area contributed by atoms with E-state index in [0.717, 1.165) is 29.6 Å². The van der Waals surface area contributed by atoms with E-state index < -0.39 is 11.4 Å². The first-order valence-electron chi connectivity index (χ1n) is 11.1. The van der Waals surface area contributed by atoms with Crippen LogP contribution in [0.5, 0.6) is 0 Å². The topological polar surface area (TPSA) is 97.4 Å². The minimum absolute atomic E-state index is 0.0309. The van der Waals surface area contributed by atoms with Crippen molar-refractivity contribution in [3.8, 4) is 12.0 Å². The van der Waals surface area contributed by atoms with Crippen molar-refractivity contribution < 1.29 is 4.39 Å². The number of hydrogen-bond donors (Lipinski definition) is 2. The normalized spacial score (nSPS) is 24.8. The zero-order chi connectivity index (χ0) is 23.8. The summed E-state index contributed by atoms with van der Waals surface area (Å²) in [6.07, 6.45) is 2.90. The van der Waals surface area contributed by atoms with Gasteiger partial charge >= 0.3 is 0 Å². The number of anilines is 1. The molecule has 7 heteroatoms. The summed E-state index contributed by atoms with van der Waals surface area (Å²) in [6, 6.07) is 10.6. The molecule has 0 amide bonds. The lowest BCUT2D eigenvalue weighted by molar-refractivity contribution is 0.0808. The molecule has 1 fully saturated rings. The Balaban J connectivity index is 0.00000141. The van der Waals surface area contributed by atoms with Gasteiger partial charge in [-0.3, -0.25) is 4.48 Å². The van der Waals surface area contributed by atoms with Gasteiger partial charge in [0.25, 0.3) is 6.71 Å². The van der Waals surface area contributed by atoms with E-state index in [4.69, 9.17) is 11.1 Å². The van der Waals surface area contributed by atoms with Gasteiger partial charge < -0.3 is 11.1 Å². The maximum atomic E-state index is 14.1. The van der Waals surface area contributed by atoms with Gasteiger partial charge in [-0.15, -0.1) is 0 Å². The number of rotatable bonds is 2. The van der Waals surface area contributed by atoms with Crippen LogP contribution in [-0.4, -0.2) is 27.0 Å². The van der Waals surface area contributed by atoms with E-state index in [0.29, 0.717) is 15.7 Å². The molecule has 3 unspecified atom stereocenters. The van der Waals surface area contributed by atoms with Crippen LogP contribution in [0.25, 0.3) is 0 Å². The highest BCUT2D eigenvalue weighted by Gasteiger charge is 2.63. The molecule has 1 saturated heterocycles. The van der Waals surface area contributed by atoms with Gasteiger partial charge in [0, 0.05) is 46.5 Å². The highest BCUT2D eigenvalue weighted by Crippen LogP contribution is 2.61. The highest BCUT2D eigenvalue weighted by atomic mass is 19.1. The lowest BCUT2D eigenvalue weighted by Gasteiger charge is -2.56. The van der Waals surface area contributed by atoms with Crippen LogP contribution in [0, 0.1) is 39.7 Å². The summed E-state index contributed by atoms with van der Waals surface area (Å²) in [7, 11) is 4.21. The molecule has 2 aromatic rings. The van der Waals surface area contributed by atoms with Gasteiger partial charge in [-0.25, -0.2) is 9.65 Å². The van der Waals surface area contributed by atoms with Crippen LogP contribution in [0.3, 0.4) is 0 Å². The zero-order valence-electron chi connectivity index (χ0n) is 19.4. The van der Waals surface area contributed by atoms with E-state index in [1.807, 2.05) is 32.0 Å². The summed E-state index contributed by atoms with van der Waals surface area (Å²) < 4.78 is 14.6. The summed E-state index contributed by atoms with van der Waals surface area (Å²) >= 11 is 0. The molecule has 32 heavy (non-hydrogen) atoms. The predicted octanol–water partition coefficient (Wildman–Crippen LogP) is 5.00. The third-order valence-corrected chi connectivity index (χ3v) is 7.75.